The van der Waals surface area contributed by atoms with Gasteiger partial charge in [0.05, 0.1) is 0 Å². The molecule has 0 fully saturated rings. The number of hydrogen-bond donors (Lipinski definition) is 0. The predicted octanol–water partition coefficient (Wildman–Crippen LogP) is 5.88. The van der Waals surface area contributed by atoms with E-state index in [1.165, 1.54) is 0 Å². The summed E-state index contributed by atoms with van der Waals surface area (Å²) in [6.07, 6.45) is 0. The van der Waals surface area contributed by atoms with Crippen LogP contribution in [0.5, 0.6) is 0 Å². The first-order valence-corrected chi connectivity index (χ1v) is 16.1. The van der Waals surface area contributed by atoms with Crippen LogP contribution in [0.4, 0.5) is 0 Å². The van der Waals surface area contributed by atoms with Crippen molar-refractivity contribution in [2.75, 3.05) is 80.0 Å². The molecule has 0 spiro atoms. The van der Waals surface area contributed by atoms with E-state index in [2.05, 4.69) is 80.0 Å². The van der Waals surface area contributed by atoms with Crippen LogP contribution in [-0.4, -0.2) is 80.0 Å². The average Bonchev–Trinajstić information content (AvgIpc) is 1.76. The second-order valence-electron chi connectivity index (χ2n) is 5.37. The molecule has 0 aromatic rings. The molecule has 0 bridgehead atoms. The molecule has 0 amide bonds. The van der Waals surface area contributed by atoms with Gasteiger partial charge < -0.3 is 7.43 Å². The summed E-state index contributed by atoms with van der Waals surface area (Å²) in [5.74, 6) is 0. The smallest absolute Gasteiger partial charge is 0 e. The van der Waals surface area contributed by atoms with E-state index in [4.69, 9.17) is 0 Å². The molecule has 0 aromatic heterocycles. The molecule has 0 rings (SSSR count). The Kier molecular flexibility index (Phi) is 64.8. The van der Waals surface area contributed by atoms with E-state index in [0.717, 1.165) is 0 Å². The van der Waals surface area contributed by atoms with Gasteiger partial charge in [-0.2, -0.15) is 0 Å². The van der Waals surface area contributed by atoms with Crippen LogP contribution in [0, 0.1) is 7.43 Å². The van der Waals surface area contributed by atoms with Crippen molar-refractivity contribution in [2.24, 2.45) is 0 Å². The molecule has 0 N–H and O–H groups in total. The summed E-state index contributed by atoms with van der Waals surface area (Å²) in [7, 11) is 1.52. The SMILES string of the molecule is CP(C)C.CP(C)C.CP(C)C.CP(C)C.[CH3-].[Co]. The summed E-state index contributed by atoms with van der Waals surface area (Å²) in [5, 5.41) is 0. The van der Waals surface area contributed by atoms with Gasteiger partial charge in [0, 0.05) is 16.8 Å². The van der Waals surface area contributed by atoms with E-state index in [0.29, 0.717) is 31.7 Å². The van der Waals surface area contributed by atoms with E-state index in [1.807, 2.05) is 0 Å². The van der Waals surface area contributed by atoms with Gasteiger partial charge >= 0.3 is 0 Å². The van der Waals surface area contributed by atoms with Crippen LogP contribution in [-0.2, 0) is 16.8 Å². The Labute approximate surface area is 135 Å². The zero-order chi connectivity index (χ0) is 14.3. The number of hydrogen-bond acceptors (Lipinski definition) is 0. The van der Waals surface area contributed by atoms with Crippen LogP contribution in [0.25, 0.3) is 0 Å². The van der Waals surface area contributed by atoms with E-state index in [9.17, 15) is 0 Å². The predicted molar refractivity (Wildman–Crippen MR) is 105 cm³/mol. The summed E-state index contributed by atoms with van der Waals surface area (Å²) in [6.45, 7) is 26.8. The zero-order valence-electron chi connectivity index (χ0n) is 15.1. The minimum absolute atomic E-state index is 0. The van der Waals surface area contributed by atoms with Crippen LogP contribution in [0.15, 0.2) is 0 Å². The van der Waals surface area contributed by atoms with Gasteiger partial charge in [-0.05, 0) is 80.0 Å². The van der Waals surface area contributed by atoms with Crippen LogP contribution in [0.1, 0.15) is 0 Å². The van der Waals surface area contributed by atoms with Gasteiger partial charge in [0.1, 0.15) is 0 Å². The first-order valence-electron chi connectivity index (χ1n) is 5.37. The van der Waals surface area contributed by atoms with Crippen molar-refractivity contribution in [2.45, 2.75) is 0 Å². The third kappa shape index (κ3) is 1090. The second-order valence-corrected chi connectivity index (χ2v) is 16.1. The van der Waals surface area contributed by atoms with Gasteiger partial charge in [0.25, 0.3) is 0 Å². The fourth-order valence-corrected chi connectivity index (χ4v) is 0. The third-order valence-electron chi connectivity index (χ3n) is 0. The van der Waals surface area contributed by atoms with Gasteiger partial charge in [0.2, 0.25) is 0 Å². The first-order chi connectivity index (χ1) is 6.93. The van der Waals surface area contributed by atoms with Crippen molar-refractivity contribution < 1.29 is 16.8 Å². The Morgan fingerprint density at radius 2 is 0.333 bits per heavy atom. The van der Waals surface area contributed by atoms with Crippen LogP contribution in [0.2, 0.25) is 0 Å². The van der Waals surface area contributed by atoms with E-state index in [1.54, 1.807) is 0 Å². The van der Waals surface area contributed by atoms with Crippen LogP contribution in [0.3, 0.4) is 0 Å². The molecule has 0 atom stereocenters. The topological polar surface area (TPSA) is 0 Å². The second kappa shape index (κ2) is 31.6. The van der Waals surface area contributed by atoms with Gasteiger partial charge in [-0.25, -0.2) is 0 Å². The molecule has 0 aliphatic rings. The Morgan fingerprint density at radius 1 is 0.333 bits per heavy atom. The molecule has 0 unspecified atom stereocenters. The van der Waals surface area contributed by atoms with E-state index < -0.39 is 0 Å². The van der Waals surface area contributed by atoms with Crippen molar-refractivity contribution in [3.8, 4) is 0 Å². The molecule has 0 nitrogen and oxygen atoms in total. The minimum atomic E-state index is 0. The van der Waals surface area contributed by atoms with Gasteiger partial charge in [-0.15, -0.1) is 31.7 Å². The molecule has 1 radical (unpaired) electrons. The Balaban J connectivity index is -0.0000000257. The Morgan fingerprint density at radius 3 is 0.333 bits per heavy atom. The molecule has 0 saturated carbocycles. The van der Waals surface area contributed by atoms with Crippen molar-refractivity contribution in [3.05, 3.63) is 7.43 Å². The zero-order valence-corrected chi connectivity index (χ0v) is 19.7. The minimum Gasteiger partial charge on any atom is -0.358 e. The van der Waals surface area contributed by atoms with Crippen LogP contribution < -0.4 is 0 Å². The van der Waals surface area contributed by atoms with Crippen molar-refractivity contribution in [3.63, 3.8) is 0 Å². The maximum atomic E-state index is 2.23. The van der Waals surface area contributed by atoms with E-state index in [-0.39, 0.29) is 24.2 Å². The summed E-state index contributed by atoms with van der Waals surface area (Å²) in [6, 6.07) is 0. The summed E-state index contributed by atoms with van der Waals surface area (Å²) in [4.78, 5) is 0. The van der Waals surface area contributed by atoms with E-state index >= 15 is 0 Å². The van der Waals surface area contributed by atoms with Gasteiger partial charge in [0.15, 0.2) is 0 Å². The fraction of sp³-hybridized carbons (Fsp3) is 0.923. The average molecular weight is 378 g/mol. The summed E-state index contributed by atoms with van der Waals surface area (Å²) >= 11 is 0. The van der Waals surface area contributed by atoms with Crippen LogP contribution >= 0.6 is 31.7 Å². The molecule has 0 aliphatic carbocycles. The fourth-order valence-electron chi connectivity index (χ4n) is 0. The Hall–Kier alpha value is 2.23. The monoisotopic (exact) mass is 378 g/mol. The van der Waals surface area contributed by atoms with Gasteiger partial charge in [-0.3, -0.25) is 0 Å². The largest absolute Gasteiger partial charge is 0.358 e. The van der Waals surface area contributed by atoms with Crippen molar-refractivity contribution in [1.29, 1.82) is 0 Å². The summed E-state index contributed by atoms with van der Waals surface area (Å²) in [5.41, 5.74) is 0. The normalized spacial score (nSPS) is 8.00. The molecule has 0 aliphatic heterocycles. The summed E-state index contributed by atoms with van der Waals surface area (Å²) < 4.78 is 0. The molecule has 0 aromatic carbocycles. The molecular weight excluding hydrogens is 339 g/mol. The van der Waals surface area contributed by atoms with Crippen molar-refractivity contribution >= 4 is 31.7 Å². The molecule has 5 heteroatoms. The maximum Gasteiger partial charge on any atom is 0 e. The maximum absolute atomic E-state index is 2.23. The molecule has 121 valence electrons. The first kappa shape index (κ1) is 36.9. The molecular formula is C13H39CoP4-. The molecule has 0 saturated heterocycles. The quantitative estimate of drug-likeness (QED) is 0.365. The molecule has 18 heavy (non-hydrogen) atoms. The third-order valence-corrected chi connectivity index (χ3v) is 0. The van der Waals surface area contributed by atoms with Crippen molar-refractivity contribution in [1.82, 2.24) is 0 Å². The standard InChI is InChI=1S/4C3H9P.CH3.Co/c4*1-4(2)3;;/h4*1-3H3;1H3;/q;;;;-1;. The Bertz CT molecular complexity index is 62.0. The molecule has 0 heterocycles. The number of rotatable bonds is 0. The van der Waals surface area contributed by atoms with Gasteiger partial charge in [-0.1, -0.05) is 0 Å².